The van der Waals surface area contributed by atoms with Crippen molar-refractivity contribution in [1.29, 1.82) is 0 Å². The maximum Gasteiger partial charge on any atom is 0.241 e. The van der Waals surface area contributed by atoms with Crippen LogP contribution in [-0.2, 0) is 18.3 Å². The summed E-state index contributed by atoms with van der Waals surface area (Å²) < 4.78 is 27.4. The third-order valence-corrected chi connectivity index (χ3v) is 6.31. The average Bonchev–Trinajstić information content (AvgIpc) is 3.50. The Morgan fingerprint density at radius 3 is 2.83 bits per heavy atom. The molecule has 5 heterocycles. The van der Waals surface area contributed by atoms with Crippen LogP contribution in [0, 0.1) is 0 Å². The van der Waals surface area contributed by atoms with Crippen molar-refractivity contribution in [3.63, 3.8) is 0 Å². The summed E-state index contributed by atoms with van der Waals surface area (Å²) in [7, 11) is 7.53. The van der Waals surface area contributed by atoms with Crippen LogP contribution in [0.2, 0.25) is 0 Å². The Morgan fingerprint density at radius 1 is 1.12 bits per heavy atom. The van der Waals surface area contributed by atoms with Gasteiger partial charge in [-0.3, -0.25) is 4.68 Å². The van der Waals surface area contributed by atoms with Gasteiger partial charge in [0.05, 0.1) is 37.6 Å². The van der Waals surface area contributed by atoms with Gasteiger partial charge in [-0.2, -0.15) is 5.10 Å². The molecule has 5 rings (SSSR count). The first kappa shape index (κ1) is 27.3. The summed E-state index contributed by atoms with van der Waals surface area (Å²) in [6.45, 7) is 4.80. The predicted molar refractivity (Wildman–Crippen MR) is 149 cm³/mol. The lowest BCUT2D eigenvalue weighted by Crippen LogP contribution is -2.18. The number of aryl methyl sites for hydroxylation is 1. The number of pyridine rings is 1. The number of hydrogen-bond acceptors (Lipinski definition) is 11. The normalized spacial score (nSPS) is 15.0. The van der Waals surface area contributed by atoms with E-state index in [4.69, 9.17) is 24.0 Å². The largest absolute Gasteiger partial charge is 0.490 e. The van der Waals surface area contributed by atoms with Gasteiger partial charge in [-0.1, -0.05) is 0 Å². The summed E-state index contributed by atoms with van der Waals surface area (Å²) >= 11 is 0. The lowest BCUT2D eigenvalue weighted by atomic mass is 10.1. The highest BCUT2D eigenvalue weighted by molar-refractivity contribution is 5.75. The SMILES string of the molecule is COCCOc1nn(CCN(C)C)cc1-c1cnc2cc1O[C@@H](C)CCOc1c(cnn1C)-c1nccc(n1)N2. The molecule has 0 aromatic carbocycles. The molecular weight excluding hydrogens is 514 g/mol. The van der Waals surface area contributed by atoms with Crippen LogP contribution in [0.15, 0.2) is 36.9 Å². The fraction of sp³-hybridized carbons (Fsp3) is 0.444. The molecule has 0 fully saturated rings. The molecular formula is C27H35N9O4. The van der Waals surface area contributed by atoms with Gasteiger partial charge < -0.3 is 29.2 Å². The van der Waals surface area contributed by atoms with Gasteiger partial charge in [0.1, 0.15) is 29.6 Å². The number of hydrogen-bond donors (Lipinski definition) is 1. The summed E-state index contributed by atoms with van der Waals surface area (Å²) in [6.07, 6.45) is 7.60. The number of nitrogens with zero attached hydrogens (tertiary/aromatic N) is 8. The van der Waals surface area contributed by atoms with E-state index in [-0.39, 0.29) is 6.10 Å². The first-order valence-corrected chi connectivity index (χ1v) is 13.2. The minimum atomic E-state index is -0.163. The van der Waals surface area contributed by atoms with Gasteiger partial charge in [0.25, 0.3) is 0 Å². The number of ether oxygens (including phenoxy) is 4. The lowest BCUT2D eigenvalue weighted by Gasteiger charge is -2.19. The molecule has 1 N–H and O–H groups in total. The van der Waals surface area contributed by atoms with Crippen molar-refractivity contribution in [3.8, 4) is 40.0 Å². The van der Waals surface area contributed by atoms with E-state index in [9.17, 15) is 0 Å². The average molecular weight is 550 g/mol. The smallest absolute Gasteiger partial charge is 0.241 e. The van der Waals surface area contributed by atoms with Crippen LogP contribution in [0.3, 0.4) is 0 Å². The van der Waals surface area contributed by atoms with Gasteiger partial charge >= 0.3 is 0 Å². The van der Waals surface area contributed by atoms with Crippen LogP contribution in [0.25, 0.3) is 22.5 Å². The highest BCUT2D eigenvalue weighted by Crippen LogP contribution is 2.38. The van der Waals surface area contributed by atoms with Crippen molar-refractivity contribution < 1.29 is 18.9 Å². The Kier molecular flexibility index (Phi) is 8.41. The van der Waals surface area contributed by atoms with Crippen molar-refractivity contribution in [2.24, 2.45) is 7.05 Å². The van der Waals surface area contributed by atoms with Gasteiger partial charge in [0, 0.05) is 57.3 Å². The molecule has 0 saturated carbocycles. The van der Waals surface area contributed by atoms with E-state index in [0.717, 1.165) is 17.7 Å². The van der Waals surface area contributed by atoms with Crippen LogP contribution in [0.5, 0.6) is 17.5 Å². The summed E-state index contributed by atoms with van der Waals surface area (Å²) in [5, 5.41) is 12.3. The first-order valence-electron chi connectivity index (χ1n) is 13.2. The van der Waals surface area contributed by atoms with E-state index in [2.05, 4.69) is 30.3 Å². The van der Waals surface area contributed by atoms with Gasteiger partial charge in [-0.25, -0.2) is 19.6 Å². The molecule has 212 valence electrons. The molecule has 0 aliphatic carbocycles. The molecule has 1 aliphatic heterocycles. The maximum atomic E-state index is 6.49. The number of rotatable bonds is 8. The summed E-state index contributed by atoms with van der Waals surface area (Å²) in [5.41, 5.74) is 2.27. The fourth-order valence-electron chi connectivity index (χ4n) is 4.18. The first-order chi connectivity index (χ1) is 19.4. The highest BCUT2D eigenvalue weighted by atomic mass is 16.5. The van der Waals surface area contributed by atoms with Crippen molar-refractivity contribution in [3.05, 3.63) is 36.9 Å². The zero-order valence-electron chi connectivity index (χ0n) is 23.5. The zero-order valence-corrected chi connectivity index (χ0v) is 23.5. The van der Waals surface area contributed by atoms with Crippen molar-refractivity contribution in [1.82, 2.24) is 39.4 Å². The van der Waals surface area contributed by atoms with Crippen LogP contribution in [-0.4, -0.2) is 93.1 Å². The Hall–Kier alpha value is -4.23. The zero-order chi connectivity index (χ0) is 28.1. The standard InChI is InChI=1S/C27H35N9O4/c1-18-7-11-39-27-20(16-30-35(27)4)25-28-8-6-23(32-25)31-24-14-22(40-18)19(15-29-24)21-17-36(10-9-34(2)3)33-26(21)38-13-12-37-5/h6,8,14-18H,7,9-13H2,1-5H3,(H,28,29,31,32)/t18-/m0/s1. The van der Waals surface area contributed by atoms with Gasteiger partial charge in [-0.15, -0.1) is 5.10 Å². The minimum Gasteiger partial charge on any atom is -0.490 e. The molecule has 40 heavy (non-hydrogen) atoms. The monoisotopic (exact) mass is 549 g/mol. The molecule has 0 amide bonds. The molecule has 1 atom stereocenters. The van der Waals surface area contributed by atoms with Crippen LogP contribution >= 0.6 is 0 Å². The Morgan fingerprint density at radius 2 is 2.00 bits per heavy atom. The number of aromatic nitrogens is 7. The van der Waals surface area contributed by atoms with E-state index in [1.54, 1.807) is 36.4 Å². The highest BCUT2D eigenvalue weighted by Gasteiger charge is 2.21. The third-order valence-electron chi connectivity index (χ3n) is 6.31. The molecule has 0 radical (unpaired) electrons. The molecule has 4 aromatic heterocycles. The van der Waals surface area contributed by atoms with E-state index < -0.39 is 0 Å². The molecule has 0 saturated heterocycles. The molecule has 13 nitrogen and oxygen atoms in total. The fourth-order valence-corrected chi connectivity index (χ4v) is 4.18. The maximum absolute atomic E-state index is 6.49. The van der Waals surface area contributed by atoms with Gasteiger partial charge in [0.15, 0.2) is 5.82 Å². The topological polar surface area (TPSA) is 126 Å². The molecule has 1 aliphatic rings. The predicted octanol–water partition coefficient (Wildman–Crippen LogP) is 3.02. The molecule has 4 aromatic rings. The van der Waals surface area contributed by atoms with Gasteiger partial charge in [-0.05, 0) is 27.1 Å². The van der Waals surface area contributed by atoms with E-state index in [1.165, 1.54) is 0 Å². The van der Waals surface area contributed by atoms with Crippen LogP contribution < -0.4 is 19.5 Å². The van der Waals surface area contributed by atoms with E-state index in [0.29, 0.717) is 73.3 Å². The lowest BCUT2D eigenvalue weighted by molar-refractivity contribution is 0.143. The molecule has 13 heteroatoms. The number of methoxy groups -OCH3 is 1. The van der Waals surface area contributed by atoms with E-state index >= 15 is 0 Å². The van der Waals surface area contributed by atoms with Gasteiger partial charge in [0.2, 0.25) is 11.8 Å². The Balaban J connectivity index is 1.52. The summed E-state index contributed by atoms with van der Waals surface area (Å²) in [6, 6.07) is 3.65. The Bertz CT molecular complexity index is 1440. The number of nitrogens with one attached hydrogen (secondary N) is 1. The number of likely N-dealkylation sites (N-methyl/N-ethyl adjacent to an activating group) is 1. The second-order valence-corrected chi connectivity index (χ2v) is 9.76. The Labute approximate surface area is 233 Å². The molecule has 0 spiro atoms. The van der Waals surface area contributed by atoms with Crippen molar-refractivity contribution >= 4 is 11.6 Å². The summed E-state index contributed by atoms with van der Waals surface area (Å²) in [4.78, 5) is 15.9. The van der Waals surface area contributed by atoms with Crippen molar-refractivity contribution in [2.45, 2.75) is 26.0 Å². The number of fused-ring (bicyclic) bond motifs is 6. The quantitative estimate of drug-likeness (QED) is 0.326. The summed E-state index contributed by atoms with van der Waals surface area (Å²) in [5.74, 6) is 3.41. The molecule has 4 bridgehead atoms. The second-order valence-electron chi connectivity index (χ2n) is 9.76. The van der Waals surface area contributed by atoms with Crippen LogP contribution in [0.4, 0.5) is 11.6 Å². The second kappa shape index (κ2) is 12.3. The van der Waals surface area contributed by atoms with Crippen LogP contribution in [0.1, 0.15) is 13.3 Å². The minimum absolute atomic E-state index is 0.163. The van der Waals surface area contributed by atoms with E-state index in [1.807, 2.05) is 45.0 Å². The van der Waals surface area contributed by atoms with Crippen molar-refractivity contribution in [2.75, 3.05) is 52.9 Å². The number of anilines is 2. The third kappa shape index (κ3) is 6.32. The molecule has 0 unspecified atom stereocenters.